The first-order chi connectivity index (χ1) is 15.9. The summed E-state index contributed by atoms with van der Waals surface area (Å²) in [6.07, 6.45) is -4.58. The van der Waals surface area contributed by atoms with Crippen LogP contribution in [0.3, 0.4) is 0 Å². The Morgan fingerprint density at radius 3 is 2.03 bits per heavy atom. The fourth-order valence-corrected chi connectivity index (χ4v) is 3.76. The summed E-state index contributed by atoms with van der Waals surface area (Å²) in [5.41, 5.74) is -0.711. The highest BCUT2D eigenvalue weighted by Gasteiger charge is 2.31. The van der Waals surface area contributed by atoms with Crippen molar-refractivity contribution in [1.82, 2.24) is 0 Å². The van der Waals surface area contributed by atoms with Crippen molar-refractivity contribution in [1.29, 1.82) is 0 Å². The molecule has 3 rings (SSSR count). The first-order valence-electron chi connectivity index (χ1n) is 9.29. The molecule has 0 spiro atoms. The van der Waals surface area contributed by atoms with Crippen molar-refractivity contribution >= 4 is 69.6 Å². The summed E-state index contributed by atoms with van der Waals surface area (Å²) in [4.78, 5) is 24.5. The van der Waals surface area contributed by atoms with Gasteiger partial charge < -0.3 is 15.4 Å². The van der Waals surface area contributed by atoms with Crippen LogP contribution in [-0.2, 0) is 11.0 Å². The third-order valence-electron chi connectivity index (χ3n) is 4.30. The molecule has 0 saturated heterocycles. The molecule has 3 aromatic rings. The highest BCUT2D eigenvalue weighted by Crippen LogP contribution is 2.35. The van der Waals surface area contributed by atoms with E-state index in [-0.39, 0.29) is 37.8 Å². The standard InChI is InChI=1S/C22H13Cl4F3N2O3/c23-13-8-16(25)20(17(26)9-13)31-21(33)11-1-4-14(5-2-11)34-10-19(32)30-18-7-12(22(27,28)29)3-6-15(18)24/h1-9H,10H2,(H,30,32)(H,31,33). The van der Waals surface area contributed by atoms with E-state index in [0.717, 1.165) is 18.2 Å². The van der Waals surface area contributed by atoms with Gasteiger partial charge in [-0.3, -0.25) is 9.59 Å². The molecular formula is C22H13Cl4F3N2O3. The summed E-state index contributed by atoms with van der Waals surface area (Å²) < 4.78 is 43.9. The lowest BCUT2D eigenvalue weighted by molar-refractivity contribution is -0.137. The Balaban J connectivity index is 1.59. The average molecular weight is 552 g/mol. The molecule has 5 nitrogen and oxygen atoms in total. The summed E-state index contributed by atoms with van der Waals surface area (Å²) in [6.45, 7) is -0.506. The minimum atomic E-state index is -4.58. The van der Waals surface area contributed by atoms with Crippen molar-refractivity contribution in [2.24, 2.45) is 0 Å². The molecule has 0 aromatic heterocycles. The van der Waals surface area contributed by atoms with Crippen LogP contribution in [0.15, 0.2) is 54.6 Å². The number of hydrogen-bond donors (Lipinski definition) is 2. The molecule has 178 valence electrons. The summed E-state index contributed by atoms with van der Waals surface area (Å²) in [5.74, 6) is -0.992. The predicted molar refractivity (Wildman–Crippen MR) is 126 cm³/mol. The molecule has 0 atom stereocenters. The number of ether oxygens (including phenoxy) is 1. The number of anilines is 2. The molecule has 0 heterocycles. The van der Waals surface area contributed by atoms with Gasteiger partial charge in [-0.05, 0) is 54.6 Å². The molecule has 12 heteroatoms. The number of rotatable bonds is 6. The first kappa shape index (κ1) is 26.0. The Hall–Kier alpha value is -2.65. The summed E-state index contributed by atoms with van der Waals surface area (Å²) in [5, 5.41) is 5.44. The van der Waals surface area contributed by atoms with Gasteiger partial charge in [0.05, 0.1) is 32.0 Å². The highest BCUT2D eigenvalue weighted by atomic mass is 35.5. The molecule has 0 radical (unpaired) electrons. The lowest BCUT2D eigenvalue weighted by Gasteiger charge is -2.12. The largest absolute Gasteiger partial charge is 0.484 e. The maximum Gasteiger partial charge on any atom is 0.416 e. The van der Waals surface area contributed by atoms with Crippen LogP contribution in [0.25, 0.3) is 0 Å². The van der Waals surface area contributed by atoms with Crippen molar-refractivity contribution in [3.8, 4) is 5.75 Å². The normalized spacial score (nSPS) is 11.1. The van der Waals surface area contributed by atoms with E-state index in [0.29, 0.717) is 5.02 Å². The third-order valence-corrected chi connectivity index (χ3v) is 5.44. The zero-order valence-corrected chi connectivity index (χ0v) is 19.8. The predicted octanol–water partition coefficient (Wildman–Crippen LogP) is 7.59. The van der Waals surface area contributed by atoms with Crippen molar-refractivity contribution < 1.29 is 27.5 Å². The zero-order valence-electron chi connectivity index (χ0n) is 16.8. The van der Waals surface area contributed by atoms with Crippen LogP contribution in [-0.4, -0.2) is 18.4 Å². The summed E-state index contributed by atoms with van der Waals surface area (Å²) in [6, 6.07) is 11.2. The molecule has 34 heavy (non-hydrogen) atoms. The van der Waals surface area contributed by atoms with Crippen LogP contribution in [0, 0.1) is 0 Å². The molecule has 0 bridgehead atoms. The van der Waals surface area contributed by atoms with E-state index in [1.165, 1.54) is 36.4 Å². The molecule has 2 N–H and O–H groups in total. The van der Waals surface area contributed by atoms with Crippen LogP contribution < -0.4 is 15.4 Å². The van der Waals surface area contributed by atoms with E-state index in [9.17, 15) is 22.8 Å². The Bertz CT molecular complexity index is 1210. The number of carbonyl (C=O) groups is 2. The van der Waals surface area contributed by atoms with Crippen LogP contribution in [0.5, 0.6) is 5.75 Å². The molecule has 0 aliphatic carbocycles. The molecule has 3 aromatic carbocycles. The maximum absolute atomic E-state index is 12.8. The van der Waals surface area contributed by atoms with Gasteiger partial charge in [-0.2, -0.15) is 13.2 Å². The number of carbonyl (C=O) groups excluding carboxylic acids is 2. The summed E-state index contributed by atoms with van der Waals surface area (Å²) >= 11 is 23.8. The maximum atomic E-state index is 12.8. The summed E-state index contributed by atoms with van der Waals surface area (Å²) in [7, 11) is 0. The van der Waals surface area contributed by atoms with E-state index in [2.05, 4.69) is 10.6 Å². The van der Waals surface area contributed by atoms with E-state index in [1.807, 2.05) is 0 Å². The van der Waals surface area contributed by atoms with Gasteiger partial charge in [-0.1, -0.05) is 46.4 Å². The van der Waals surface area contributed by atoms with Gasteiger partial charge in [0.2, 0.25) is 0 Å². The Kier molecular flexibility index (Phi) is 8.20. The van der Waals surface area contributed by atoms with Crippen molar-refractivity contribution in [3.63, 3.8) is 0 Å². The Morgan fingerprint density at radius 1 is 0.824 bits per heavy atom. The van der Waals surface area contributed by atoms with Crippen molar-refractivity contribution in [2.45, 2.75) is 6.18 Å². The van der Waals surface area contributed by atoms with Crippen LogP contribution in [0.4, 0.5) is 24.5 Å². The lowest BCUT2D eigenvalue weighted by atomic mass is 10.2. The molecule has 0 saturated carbocycles. The van der Waals surface area contributed by atoms with E-state index in [1.54, 1.807) is 0 Å². The van der Waals surface area contributed by atoms with E-state index in [4.69, 9.17) is 51.1 Å². The topological polar surface area (TPSA) is 67.4 Å². The SMILES string of the molecule is O=C(COc1ccc(C(=O)Nc2c(Cl)cc(Cl)cc2Cl)cc1)Nc1cc(C(F)(F)F)ccc1Cl. The van der Waals surface area contributed by atoms with Crippen molar-refractivity contribution in [2.75, 3.05) is 17.2 Å². The highest BCUT2D eigenvalue weighted by molar-refractivity contribution is 6.42. The number of nitrogens with one attached hydrogen (secondary N) is 2. The molecule has 0 unspecified atom stereocenters. The van der Waals surface area contributed by atoms with Gasteiger partial charge in [0, 0.05) is 10.6 Å². The van der Waals surface area contributed by atoms with Gasteiger partial charge in [-0.25, -0.2) is 0 Å². The number of halogens is 7. The first-order valence-corrected chi connectivity index (χ1v) is 10.8. The van der Waals surface area contributed by atoms with E-state index < -0.39 is 30.2 Å². The smallest absolute Gasteiger partial charge is 0.416 e. The minimum absolute atomic E-state index is 0.0578. The van der Waals surface area contributed by atoms with Gasteiger partial charge in [0.15, 0.2) is 6.61 Å². The molecular weight excluding hydrogens is 539 g/mol. The fourth-order valence-electron chi connectivity index (χ4n) is 2.68. The second kappa shape index (κ2) is 10.7. The zero-order chi connectivity index (χ0) is 25.0. The number of hydrogen-bond acceptors (Lipinski definition) is 3. The van der Waals surface area contributed by atoms with Gasteiger partial charge >= 0.3 is 6.18 Å². The monoisotopic (exact) mass is 550 g/mol. The third kappa shape index (κ3) is 6.70. The molecule has 0 aliphatic rings. The van der Waals surface area contributed by atoms with Crippen LogP contribution >= 0.6 is 46.4 Å². The average Bonchev–Trinajstić information content (AvgIpc) is 2.75. The molecule has 0 aliphatic heterocycles. The quantitative estimate of drug-likeness (QED) is 0.331. The molecule has 2 amide bonds. The second-order valence-corrected chi connectivity index (χ2v) is 8.41. The number of amides is 2. The number of alkyl halides is 3. The minimum Gasteiger partial charge on any atom is -0.484 e. The Labute approximate surface area is 211 Å². The number of benzene rings is 3. The van der Waals surface area contributed by atoms with Crippen LogP contribution in [0.1, 0.15) is 15.9 Å². The van der Waals surface area contributed by atoms with E-state index >= 15 is 0 Å². The fraction of sp³-hybridized carbons (Fsp3) is 0.0909. The molecule has 0 fully saturated rings. The van der Waals surface area contributed by atoms with Crippen molar-refractivity contribution in [3.05, 3.63) is 85.8 Å². The van der Waals surface area contributed by atoms with Crippen LogP contribution in [0.2, 0.25) is 20.1 Å². The van der Waals surface area contributed by atoms with Gasteiger partial charge in [0.25, 0.3) is 11.8 Å². The Morgan fingerprint density at radius 2 is 1.44 bits per heavy atom. The lowest BCUT2D eigenvalue weighted by Crippen LogP contribution is -2.21. The second-order valence-electron chi connectivity index (χ2n) is 6.75. The van der Waals surface area contributed by atoms with Gasteiger partial charge in [-0.15, -0.1) is 0 Å². The van der Waals surface area contributed by atoms with Gasteiger partial charge in [0.1, 0.15) is 5.75 Å².